The van der Waals surface area contributed by atoms with Crippen LogP contribution in [0.2, 0.25) is 0 Å². The number of rotatable bonds is 4. The Labute approximate surface area is 135 Å². The number of hydrogen-bond acceptors (Lipinski definition) is 5. The Morgan fingerprint density at radius 3 is 2.73 bits per heavy atom. The standard InChI is InChI=1S/C15H14FNO3S2/c1-8-7-22-13(15(19)20-2)11(8)17-14(18)9-5-4-6-10(16)12(9)21-3/h4-7H,1-3H3,(H,17,18). The average molecular weight is 339 g/mol. The molecule has 0 spiro atoms. The highest BCUT2D eigenvalue weighted by Gasteiger charge is 2.21. The van der Waals surface area contributed by atoms with Gasteiger partial charge in [0, 0.05) is 0 Å². The number of halogens is 1. The summed E-state index contributed by atoms with van der Waals surface area (Å²) in [5.74, 6) is -1.43. The summed E-state index contributed by atoms with van der Waals surface area (Å²) in [6.45, 7) is 1.78. The molecule has 0 aliphatic rings. The summed E-state index contributed by atoms with van der Waals surface area (Å²) >= 11 is 2.35. The van der Waals surface area contributed by atoms with E-state index in [1.54, 1.807) is 24.6 Å². The van der Waals surface area contributed by atoms with E-state index in [1.165, 1.54) is 30.6 Å². The summed E-state index contributed by atoms with van der Waals surface area (Å²) in [6.07, 6.45) is 1.70. The number of thioether (sulfide) groups is 1. The predicted octanol–water partition coefficient (Wildman–Crippen LogP) is 3.96. The maximum Gasteiger partial charge on any atom is 0.350 e. The zero-order chi connectivity index (χ0) is 16.3. The number of carbonyl (C=O) groups excluding carboxylic acids is 2. The molecule has 0 bridgehead atoms. The first-order valence-electron chi connectivity index (χ1n) is 6.29. The maximum absolute atomic E-state index is 13.8. The van der Waals surface area contributed by atoms with Crippen LogP contribution in [-0.4, -0.2) is 25.2 Å². The quantitative estimate of drug-likeness (QED) is 0.677. The van der Waals surface area contributed by atoms with Gasteiger partial charge in [0.05, 0.1) is 23.3 Å². The summed E-state index contributed by atoms with van der Waals surface area (Å²) < 4.78 is 18.5. The molecule has 2 aromatic rings. The van der Waals surface area contributed by atoms with Crippen molar-refractivity contribution in [1.82, 2.24) is 0 Å². The number of nitrogens with one attached hydrogen (secondary N) is 1. The fourth-order valence-electron chi connectivity index (χ4n) is 1.92. The first kappa shape index (κ1) is 16.5. The highest BCUT2D eigenvalue weighted by Crippen LogP contribution is 2.30. The number of anilines is 1. The molecule has 22 heavy (non-hydrogen) atoms. The lowest BCUT2D eigenvalue weighted by molar-refractivity contribution is 0.0607. The minimum absolute atomic E-state index is 0.230. The van der Waals surface area contributed by atoms with Crippen LogP contribution in [0.5, 0.6) is 0 Å². The normalized spacial score (nSPS) is 10.4. The summed E-state index contributed by atoms with van der Waals surface area (Å²) in [6, 6.07) is 4.33. The molecule has 0 saturated carbocycles. The number of hydrogen-bond donors (Lipinski definition) is 1. The van der Waals surface area contributed by atoms with E-state index in [2.05, 4.69) is 5.32 Å². The molecular formula is C15H14FNO3S2. The predicted molar refractivity (Wildman–Crippen MR) is 86.5 cm³/mol. The molecule has 0 unspecified atom stereocenters. The van der Waals surface area contributed by atoms with E-state index in [9.17, 15) is 14.0 Å². The summed E-state index contributed by atoms with van der Waals surface area (Å²) in [5.41, 5.74) is 1.38. The number of amides is 1. The van der Waals surface area contributed by atoms with Crippen molar-refractivity contribution < 1.29 is 18.7 Å². The van der Waals surface area contributed by atoms with Crippen LogP contribution in [0.3, 0.4) is 0 Å². The second-order valence-electron chi connectivity index (χ2n) is 4.39. The van der Waals surface area contributed by atoms with Crippen molar-refractivity contribution in [2.75, 3.05) is 18.7 Å². The van der Waals surface area contributed by atoms with Crippen molar-refractivity contribution in [1.29, 1.82) is 0 Å². The Hall–Kier alpha value is -1.86. The van der Waals surface area contributed by atoms with Crippen molar-refractivity contribution in [3.63, 3.8) is 0 Å². The third-order valence-electron chi connectivity index (χ3n) is 3.00. The van der Waals surface area contributed by atoms with Crippen LogP contribution in [-0.2, 0) is 4.74 Å². The van der Waals surface area contributed by atoms with Crippen LogP contribution in [0.25, 0.3) is 0 Å². The third-order valence-corrected chi connectivity index (χ3v) is 4.90. The average Bonchev–Trinajstić information content (AvgIpc) is 2.87. The Kier molecular flexibility index (Phi) is 5.20. The third kappa shape index (κ3) is 3.15. The van der Waals surface area contributed by atoms with Gasteiger partial charge in [-0.15, -0.1) is 23.1 Å². The number of esters is 1. The van der Waals surface area contributed by atoms with Crippen molar-refractivity contribution in [2.45, 2.75) is 11.8 Å². The van der Waals surface area contributed by atoms with Gasteiger partial charge in [0.1, 0.15) is 10.7 Å². The molecule has 0 atom stereocenters. The van der Waals surface area contributed by atoms with E-state index in [0.717, 1.165) is 17.3 Å². The van der Waals surface area contributed by atoms with Crippen LogP contribution < -0.4 is 5.32 Å². The van der Waals surface area contributed by atoms with Crippen molar-refractivity contribution >= 4 is 40.7 Å². The SMILES string of the molecule is COC(=O)c1scc(C)c1NC(=O)c1cccc(F)c1SC. The fraction of sp³-hybridized carbons (Fsp3) is 0.200. The molecule has 1 amide bonds. The van der Waals surface area contributed by atoms with Crippen LogP contribution in [0.4, 0.5) is 10.1 Å². The Morgan fingerprint density at radius 2 is 2.09 bits per heavy atom. The zero-order valence-electron chi connectivity index (χ0n) is 12.2. The van der Waals surface area contributed by atoms with Crippen LogP contribution in [0.1, 0.15) is 25.6 Å². The number of methoxy groups -OCH3 is 1. The molecule has 0 radical (unpaired) electrons. The van der Waals surface area contributed by atoms with Gasteiger partial charge in [-0.3, -0.25) is 4.79 Å². The molecule has 0 saturated heterocycles. The van der Waals surface area contributed by atoms with Crippen LogP contribution >= 0.6 is 23.1 Å². The van der Waals surface area contributed by atoms with Gasteiger partial charge in [-0.05, 0) is 36.3 Å². The van der Waals surface area contributed by atoms with Gasteiger partial charge in [-0.2, -0.15) is 0 Å². The molecule has 2 rings (SSSR count). The lowest BCUT2D eigenvalue weighted by Crippen LogP contribution is -2.16. The van der Waals surface area contributed by atoms with Gasteiger partial charge in [-0.25, -0.2) is 9.18 Å². The van der Waals surface area contributed by atoms with E-state index in [-0.39, 0.29) is 10.5 Å². The van der Waals surface area contributed by atoms with Crippen molar-refractivity contribution in [3.8, 4) is 0 Å². The van der Waals surface area contributed by atoms with Gasteiger partial charge < -0.3 is 10.1 Å². The number of aryl methyl sites for hydroxylation is 1. The number of ether oxygens (including phenoxy) is 1. The molecule has 1 N–H and O–H groups in total. The Bertz CT molecular complexity index is 728. The second-order valence-corrected chi connectivity index (χ2v) is 6.09. The fourth-order valence-corrected chi connectivity index (χ4v) is 3.48. The van der Waals surface area contributed by atoms with E-state index in [1.807, 2.05) is 0 Å². The molecule has 0 aliphatic carbocycles. The molecular weight excluding hydrogens is 325 g/mol. The zero-order valence-corrected chi connectivity index (χ0v) is 13.9. The van der Waals surface area contributed by atoms with Crippen LogP contribution in [0, 0.1) is 12.7 Å². The molecule has 0 fully saturated rings. The number of benzene rings is 1. The molecule has 1 heterocycles. The van der Waals surface area contributed by atoms with E-state index < -0.39 is 17.7 Å². The van der Waals surface area contributed by atoms with Gasteiger partial charge >= 0.3 is 5.97 Å². The van der Waals surface area contributed by atoms with E-state index in [0.29, 0.717) is 10.6 Å². The summed E-state index contributed by atoms with van der Waals surface area (Å²) in [7, 11) is 1.28. The van der Waals surface area contributed by atoms with E-state index >= 15 is 0 Å². The maximum atomic E-state index is 13.8. The number of carbonyl (C=O) groups is 2. The summed E-state index contributed by atoms with van der Waals surface area (Å²) in [4.78, 5) is 24.7. The van der Waals surface area contributed by atoms with E-state index in [4.69, 9.17) is 4.74 Å². The first-order chi connectivity index (χ1) is 10.5. The van der Waals surface area contributed by atoms with Gasteiger partial charge in [-0.1, -0.05) is 6.07 Å². The lowest BCUT2D eigenvalue weighted by atomic mass is 10.2. The Balaban J connectivity index is 2.36. The first-order valence-corrected chi connectivity index (χ1v) is 8.40. The molecule has 0 aliphatic heterocycles. The largest absolute Gasteiger partial charge is 0.465 e. The van der Waals surface area contributed by atoms with Gasteiger partial charge in [0.15, 0.2) is 0 Å². The topological polar surface area (TPSA) is 55.4 Å². The highest BCUT2D eigenvalue weighted by molar-refractivity contribution is 7.98. The molecule has 1 aromatic carbocycles. The minimum atomic E-state index is -0.516. The van der Waals surface area contributed by atoms with Gasteiger partial charge in [0.25, 0.3) is 5.91 Å². The molecule has 1 aromatic heterocycles. The smallest absolute Gasteiger partial charge is 0.350 e. The summed E-state index contributed by atoms with van der Waals surface area (Å²) in [5, 5.41) is 4.44. The molecule has 7 heteroatoms. The van der Waals surface area contributed by atoms with Crippen LogP contribution in [0.15, 0.2) is 28.5 Å². The minimum Gasteiger partial charge on any atom is -0.465 e. The Morgan fingerprint density at radius 1 is 1.36 bits per heavy atom. The lowest BCUT2D eigenvalue weighted by Gasteiger charge is -2.10. The highest BCUT2D eigenvalue weighted by atomic mass is 32.2. The van der Waals surface area contributed by atoms with Gasteiger partial charge in [0.2, 0.25) is 0 Å². The van der Waals surface area contributed by atoms with Crippen molar-refractivity contribution in [3.05, 3.63) is 45.4 Å². The van der Waals surface area contributed by atoms with Crippen molar-refractivity contribution in [2.24, 2.45) is 0 Å². The second kappa shape index (κ2) is 6.93. The molecule has 116 valence electrons. The number of thiophene rings is 1. The molecule has 4 nitrogen and oxygen atoms in total. The monoisotopic (exact) mass is 339 g/mol.